The van der Waals surface area contributed by atoms with Crippen molar-refractivity contribution in [1.82, 2.24) is 39.9 Å². The Hall–Kier alpha value is -6.71. The molecule has 0 amide bonds. The number of hydrogen-bond donors (Lipinski definition) is 1. The van der Waals surface area contributed by atoms with Gasteiger partial charge in [-0.1, -0.05) is 0 Å². The van der Waals surface area contributed by atoms with Gasteiger partial charge in [0.05, 0.1) is 28.8 Å². The predicted molar refractivity (Wildman–Crippen MR) is 230 cm³/mol. The maximum Gasteiger partial charge on any atom is 0.265 e. The summed E-state index contributed by atoms with van der Waals surface area (Å²) in [6, 6.07) is 11.9. The molecule has 2 unspecified atom stereocenters. The largest absolute Gasteiger partial charge is 0.470 e. The molecule has 60 heavy (non-hydrogen) atoms. The zero-order chi connectivity index (χ0) is 39.6. The van der Waals surface area contributed by atoms with Crippen LogP contribution in [0.25, 0.3) is 72.0 Å². The number of oxazole rings is 2. The molecule has 12 rings (SSSR count). The summed E-state index contributed by atoms with van der Waals surface area (Å²) in [7, 11) is 0. The van der Waals surface area contributed by atoms with Crippen molar-refractivity contribution >= 4 is 68.7 Å². The molecule has 0 fully saturated rings. The Morgan fingerprint density at radius 1 is 0.700 bits per heavy atom. The minimum Gasteiger partial charge on any atom is -0.470 e. The molecule has 2 aliphatic heterocycles. The highest BCUT2D eigenvalue weighted by atomic mass is 32.2. The van der Waals surface area contributed by atoms with Gasteiger partial charge >= 0.3 is 0 Å². The maximum atomic E-state index is 6.08. The molecule has 0 saturated carbocycles. The average molecular weight is 885 g/mol. The minimum absolute atomic E-state index is 0.101. The molecule has 10 aromatic rings. The Balaban J connectivity index is 0.757. The molecule has 0 aliphatic carbocycles. The Labute approximate surface area is 358 Å². The zero-order valence-corrected chi connectivity index (χ0v) is 34.5. The molecule has 0 saturated heterocycles. The monoisotopic (exact) mass is 884 g/mol. The van der Waals surface area contributed by atoms with Crippen LogP contribution in [0.5, 0.6) is 0 Å². The van der Waals surface area contributed by atoms with Crippen LogP contribution >= 0.6 is 57.1 Å². The van der Waals surface area contributed by atoms with Crippen LogP contribution in [0.15, 0.2) is 142 Å². The number of furan rings is 2. The molecule has 0 spiro atoms. The molecule has 1 N–H and O–H groups in total. The van der Waals surface area contributed by atoms with E-state index in [1.54, 1.807) is 82.8 Å². The van der Waals surface area contributed by atoms with Crippen molar-refractivity contribution in [3.8, 4) is 72.0 Å². The van der Waals surface area contributed by atoms with Gasteiger partial charge in [0.15, 0.2) is 22.3 Å². The van der Waals surface area contributed by atoms with Gasteiger partial charge in [0.1, 0.15) is 41.4 Å². The van der Waals surface area contributed by atoms with Gasteiger partial charge in [0, 0.05) is 52.2 Å². The summed E-state index contributed by atoms with van der Waals surface area (Å²) in [5.41, 5.74) is 7.01. The highest BCUT2D eigenvalue weighted by Crippen LogP contribution is 2.47. The molecule has 0 aromatic carbocycles. The number of hydrogen-bond acceptors (Lipinski definition) is 18. The molecular weight excluding hydrogens is 861 g/mol. The average Bonchev–Trinajstić information content (AvgIpc) is 4.12. The predicted octanol–water partition coefficient (Wildman–Crippen LogP) is 11.5. The first-order valence-electron chi connectivity index (χ1n) is 18.1. The summed E-state index contributed by atoms with van der Waals surface area (Å²) in [5.74, 6) is 3.16. The van der Waals surface area contributed by atoms with Crippen LogP contribution in [0.1, 0.15) is 23.0 Å². The SMILES string of the molecule is C1=CN(c2coc(-c3occc3-c3ccoc3-c3sccc3-c3ccsc3)n2)C(c2coc(-c3nc(N4C=CSC4c4csc(-n5ccc(-c6ccn[nH]6)n5)n4)cs3)n2)O1. The van der Waals surface area contributed by atoms with Gasteiger partial charge in [-0.3, -0.25) is 10.00 Å². The number of thioether (sulfide) groups is 1. The van der Waals surface area contributed by atoms with E-state index in [-0.39, 0.29) is 5.37 Å². The quantitative estimate of drug-likeness (QED) is 0.130. The maximum absolute atomic E-state index is 6.08. The van der Waals surface area contributed by atoms with Gasteiger partial charge in [0.2, 0.25) is 11.4 Å². The normalized spacial score (nSPS) is 16.2. The van der Waals surface area contributed by atoms with Crippen molar-refractivity contribution in [1.29, 1.82) is 0 Å². The van der Waals surface area contributed by atoms with E-state index in [9.17, 15) is 0 Å². The third kappa shape index (κ3) is 6.06. The smallest absolute Gasteiger partial charge is 0.265 e. The molecule has 294 valence electrons. The van der Waals surface area contributed by atoms with Crippen LogP contribution < -0.4 is 9.80 Å². The number of nitrogens with zero attached hydrogens (tertiary/aromatic N) is 9. The third-order valence-corrected chi connectivity index (χ3v) is 13.9. The molecule has 0 radical (unpaired) electrons. The molecule has 10 aromatic heterocycles. The van der Waals surface area contributed by atoms with Crippen molar-refractivity contribution in [3.63, 3.8) is 0 Å². The molecule has 2 atom stereocenters. The second-order valence-electron chi connectivity index (χ2n) is 13.1. The first kappa shape index (κ1) is 35.3. The van der Waals surface area contributed by atoms with E-state index in [1.165, 1.54) is 22.7 Å². The van der Waals surface area contributed by atoms with Crippen LogP contribution in [-0.4, -0.2) is 39.9 Å². The van der Waals surface area contributed by atoms with Crippen molar-refractivity contribution in [2.45, 2.75) is 11.6 Å². The number of aromatic nitrogens is 8. The van der Waals surface area contributed by atoms with E-state index in [1.807, 2.05) is 57.7 Å². The van der Waals surface area contributed by atoms with Crippen molar-refractivity contribution in [2.75, 3.05) is 9.80 Å². The number of ether oxygens (including phenoxy) is 1. The number of aromatic amines is 1. The first-order chi connectivity index (χ1) is 29.7. The second kappa shape index (κ2) is 14.5. The Bertz CT molecular complexity index is 3140. The fraction of sp³-hybridized carbons (Fsp3) is 0.0500. The molecule has 20 heteroatoms. The molecule has 15 nitrogen and oxygen atoms in total. The lowest BCUT2D eigenvalue weighted by atomic mass is 10.0. The Morgan fingerprint density at radius 2 is 1.62 bits per heavy atom. The van der Waals surface area contributed by atoms with Crippen molar-refractivity contribution < 1.29 is 22.4 Å². The number of anilines is 2. The summed E-state index contributed by atoms with van der Waals surface area (Å²) in [5, 5.41) is 25.3. The van der Waals surface area contributed by atoms with Crippen LogP contribution in [0.2, 0.25) is 0 Å². The zero-order valence-electron chi connectivity index (χ0n) is 30.4. The first-order valence-corrected chi connectivity index (χ1v) is 22.6. The van der Waals surface area contributed by atoms with Crippen LogP contribution in [0.3, 0.4) is 0 Å². The van der Waals surface area contributed by atoms with Gasteiger partial charge < -0.3 is 27.3 Å². The number of nitrogens with one attached hydrogen (secondary N) is 1. The lowest BCUT2D eigenvalue weighted by Gasteiger charge is -2.20. The van der Waals surface area contributed by atoms with E-state index < -0.39 is 6.23 Å². The summed E-state index contributed by atoms with van der Waals surface area (Å²) in [6.07, 6.45) is 14.7. The van der Waals surface area contributed by atoms with Crippen LogP contribution in [0.4, 0.5) is 11.6 Å². The number of thiazole rings is 2. The lowest BCUT2D eigenvalue weighted by molar-refractivity contribution is 0.169. The van der Waals surface area contributed by atoms with E-state index in [0.29, 0.717) is 34.1 Å². The van der Waals surface area contributed by atoms with E-state index >= 15 is 0 Å². The number of rotatable bonds is 11. The second-order valence-corrected chi connectivity index (χ2v) is 17.5. The Morgan fingerprint density at radius 3 is 2.52 bits per heavy atom. The topological polar surface area (TPSA) is 166 Å². The number of H-pyrrole nitrogens is 1. The van der Waals surface area contributed by atoms with E-state index in [0.717, 1.165) is 60.9 Å². The van der Waals surface area contributed by atoms with Gasteiger partial charge in [-0.25, -0.2) is 19.6 Å². The highest BCUT2D eigenvalue weighted by molar-refractivity contribution is 8.02. The van der Waals surface area contributed by atoms with Gasteiger partial charge in [-0.15, -0.1) is 45.8 Å². The molecule has 0 bridgehead atoms. The minimum atomic E-state index is -0.655. The summed E-state index contributed by atoms with van der Waals surface area (Å²) >= 11 is 7.91. The molecule has 2 aliphatic rings. The van der Waals surface area contributed by atoms with Crippen LogP contribution in [0, 0.1) is 0 Å². The standard InChI is InChI=1S/C40H24N10O5S5/c1-7-41-46-26(1)27-2-8-50(47-27)40-43-29(20-60-40)39-49(10-16-58-39)31-21-59-37(45-31)36-42-28(17-54-36)38-48(9-13-53-38)30-18-55-35(44-30)33-25(4-12-52-33)24-3-11-51-32(24)34-23(6-15-57-34)22-5-14-56-19-22/h1-21,38-39H,(H,41,46). The number of thiophene rings is 2. The van der Waals surface area contributed by atoms with Gasteiger partial charge in [0.25, 0.3) is 11.8 Å². The molecule has 12 heterocycles. The van der Waals surface area contributed by atoms with Gasteiger partial charge in [-0.05, 0) is 63.5 Å². The fourth-order valence-corrected chi connectivity index (χ4v) is 11.0. The third-order valence-electron chi connectivity index (χ3n) is 9.68. The summed E-state index contributed by atoms with van der Waals surface area (Å²) in [6.45, 7) is 0. The highest BCUT2D eigenvalue weighted by Gasteiger charge is 2.33. The van der Waals surface area contributed by atoms with Gasteiger partial charge in [-0.2, -0.15) is 26.5 Å². The van der Waals surface area contributed by atoms with Crippen molar-refractivity contribution in [2.24, 2.45) is 0 Å². The van der Waals surface area contributed by atoms with Crippen LogP contribution in [-0.2, 0) is 4.74 Å². The fourth-order valence-electron chi connectivity index (χ4n) is 6.91. The van der Waals surface area contributed by atoms with E-state index in [2.05, 4.69) is 48.5 Å². The molecular formula is C40H24N10O5S5. The summed E-state index contributed by atoms with van der Waals surface area (Å²) < 4.78 is 31.8. The van der Waals surface area contributed by atoms with Crippen molar-refractivity contribution in [3.05, 3.63) is 136 Å². The lowest BCUT2D eigenvalue weighted by Crippen LogP contribution is -2.20. The Kier molecular flexibility index (Phi) is 8.54. The summed E-state index contributed by atoms with van der Waals surface area (Å²) in [4.78, 5) is 24.4. The van der Waals surface area contributed by atoms with E-state index in [4.69, 9.17) is 42.3 Å².